The predicted octanol–water partition coefficient (Wildman–Crippen LogP) is 0.999. The molecule has 0 aliphatic carbocycles. The van der Waals surface area contributed by atoms with Crippen LogP contribution in [0.1, 0.15) is 24.0 Å². The molecule has 1 saturated heterocycles. The van der Waals surface area contributed by atoms with Crippen molar-refractivity contribution in [3.05, 3.63) is 35.4 Å². The van der Waals surface area contributed by atoms with Crippen molar-refractivity contribution in [2.75, 3.05) is 32.8 Å². The highest BCUT2D eigenvalue weighted by molar-refractivity contribution is 5.67. The molecule has 0 spiro atoms. The number of likely N-dealkylation sites (tertiary alicyclic amines) is 1. The number of benzene rings is 1. The molecule has 2 N–H and O–H groups in total. The number of aliphatic hydroxyl groups excluding tert-OH is 2. The summed E-state index contributed by atoms with van der Waals surface area (Å²) in [5.41, 5.74) is 2.67. The molecule has 2 atom stereocenters. The number of nitrogens with zero attached hydrogens (tertiary/aromatic N) is 2. The number of aliphatic hydroxyl groups is 2. The predicted molar refractivity (Wildman–Crippen MR) is 89.6 cm³/mol. The van der Waals surface area contributed by atoms with Gasteiger partial charge in [-0.2, -0.15) is 0 Å². The zero-order valence-corrected chi connectivity index (χ0v) is 13.9. The molecule has 1 amide bonds. The summed E-state index contributed by atoms with van der Waals surface area (Å²) < 4.78 is 5.20. The zero-order valence-electron chi connectivity index (χ0n) is 13.9. The summed E-state index contributed by atoms with van der Waals surface area (Å²) in [6.07, 6.45) is 0.874. The smallest absolute Gasteiger partial charge is 0.409 e. The topological polar surface area (TPSA) is 73.2 Å². The molecule has 1 fully saturated rings. The number of hydrogen-bond acceptors (Lipinski definition) is 5. The Morgan fingerprint density at radius 3 is 2.88 bits per heavy atom. The van der Waals surface area contributed by atoms with Crippen LogP contribution in [0.15, 0.2) is 24.3 Å². The SMILES string of the molecule is O=C(OCC(O)CN1CCc2ccccc2C1)N1CCCC(O)C1. The molecule has 0 saturated carbocycles. The maximum atomic E-state index is 12.0. The van der Waals surface area contributed by atoms with E-state index in [2.05, 4.69) is 23.1 Å². The second-order valence-electron chi connectivity index (χ2n) is 6.73. The van der Waals surface area contributed by atoms with Gasteiger partial charge in [0.15, 0.2) is 0 Å². The summed E-state index contributed by atoms with van der Waals surface area (Å²) in [7, 11) is 0. The first-order chi connectivity index (χ1) is 11.6. The van der Waals surface area contributed by atoms with Crippen LogP contribution < -0.4 is 0 Å². The highest BCUT2D eigenvalue weighted by Gasteiger charge is 2.24. The van der Waals surface area contributed by atoms with E-state index in [4.69, 9.17) is 4.74 Å². The quantitative estimate of drug-likeness (QED) is 0.859. The number of carbonyl (C=O) groups excluding carboxylic acids is 1. The van der Waals surface area contributed by atoms with Gasteiger partial charge in [0.25, 0.3) is 0 Å². The van der Waals surface area contributed by atoms with E-state index in [1.54, 1.807) is 0 Å². The van der Waals surface area contributed by atoms with Gasteiger partial charge in [-0.1, -0.05) is 24.3 Å². The molecule has 2 unspecified atom stereocenters. The largest absolute Gasteiger partial charge is 0.447 e. The molecule has 0 bridgehead atoms. The lowest BCUT2D eigenvalue weighted by Crippen LogP contribution is -2.44. The van der Waals surface area contributed by atoms with Gasteiger partial charge in [-0.25, -0.2) is 4.79 Å². The normalized spacial score (nSPS) is 22.8. The first kappa shape index (κ1) is 17.2. The number of hydrogen-bond donors (Lipinski definition) is 2. The lowest BCUT2D eigenvalue weighted by atomic mass is 10.00. The van der Waals surface area contributed by atoms with Gasteiger partial charge in [0.1, 0.15) is 12.7 Å². The molecular weight excluding hydrogens is 308 g/mol. The third kappa shape index (κ3) is 4.47. The van der Waals surface area contributed by atoms with Gasteiger partial charge in [0.2, 0.25) is 0 Å². The Bertz CT molecular complexity index is 566. The first-order valence-corrected chi connectivity index (χ1v) is 8.69. The van der Waals surface area contributed by atoms with E-state index in [-0.39, 0.29) is 6.61 Å². The van der Waals surface area contributed by atoms with Crippen LogP contribution in [-0.4, -0.2) is 71.1 Å². The molecule has 6 heteroatoms. The molecule has 2 aliphatic heterocycles. The van der Waals surface area contributed by atoms with Crippen LogP contribution in [0.3, 0.4) is 0 Å². The van der Waals surface area contributed by atoms with E-state index < -0.39 is 18.3 Å². The zero-order chi connectivity index (χ0) is 16.9. The fraction of sp³-hybridized carbons (Fsp3) is 0.611. The summed E-state index contributed by atoms with van der Waals surface area (Å²) in [5.74, 6) is 0. The van der Waals surface area contributed by atoms with E-state index in [1.165, 1.54) is 16.0 Å². The number of ether oxygens (including phenoxy) is 1. The Morgan fingerprint density at radius 1 is 1.29 bits per heavy atom. The van der Waals surface area contributed by atoms with E-state index >= 15 is 0 Å². The lowest BCUT2D eigenvalue weighted by molar-refractivity contribution is 0.0129. The van der Waals surface area contributed by atoms with Crippen molar-refractivity contribution in [1.82, 2.24) is 9.80 Å². The summed E-state index contributed by atoms with van der Waals surface area (Å²) in [6.45, 7) is 3.13. The third-order valence-electron chi connectivity index (χ3n) is 4.73. The van der Waals surface area contributed by atoms with Gasteiger partial charge in [0, 0.05) is 32.7 Å². The lowest BCUT2D eigenvalue weighted by Gasteiger charge is -2.31. The van der Waals surface area contributed by atoms with Crippen molar-refractivity contribution >= 4 is 6.09 Å². The maximum absolute atomic E-state index is 12.0. The first-order valence-electron chi connectivity index (χ1n) is 8.69. The van der Waals surface area contributed by atoms with Crippen LogP contribution in [-0.2, 0) is 17.7 Å². The fourth-order valence-electron chi connectivity index (χ4n) is 3.44. The van der Waals surface area contributed by atoms with E-state index in [9.17, 15) is 15.0 Å². The van der Waals surface area contributed by atoms with Gasteiger partial charge in [-0.15, -0.1) is 0 Å². The van der Waals surface area contributed by atoms with Gasteiger partial charge in [-0.3, -0.25) is 4.90 Å². The van der Waals surface area contributed by atoms with Crippen molar-refractivity contribution < 1.29 is 19.7 Å². The molecule has 132 valence electrons. The maximum Gasteiger partial charge on any atom is 0.409 e. The summed E-state index contributed by atoms with van der Waals surface area (Å²) >= 11 is 0. The highest BCUT2D eigenvalue weighted by atomic mass is 16.6. The number of carbonyl (C=O) groups is 1. The molecule has 24 heavy (non-hydrogen) atoms. The van der Waals surface area contributed by atoms with Crippen LogP contribution in [0.2, 0.25) is 0 Å². The minimum atomic E-state index is -0.700. The van der Waals surface area contributed by atoms with Gasteiger partial charge >= 0.3 is 6.09 Å². The van der Waals surface area contributed by atoms with Gasteiger partial charge < -0.3 is 19.8 Å². The average molecular weight is 334 g/mol. The Morgan fingerprint density at radius 2 is 2.08 bits per heavy atom. The minimum absolute atomic E-state index is 0.0103. The van der Waals surface area contributed by atoms with Crippen LogP contribution in [0.25, 0.3) is 0 Å². The van der Waals surface area contributed by atoms with E-state index in [1.807, 2.05) is 6.07 Å². The molecule has 0 radical (unpaired) electrons. The Hall–Kier alpha value is -1.63. The molecule has 0 aromatic heterocycles. The fourth-order valence-corrected chi connectivity index (χ4v) is 3.44. The highest BCUT2D eigenvalue weighted by Crippen LogP contribution is 2.18. The van der Waals surface area contributed by atoms with Crippen molar-refractivity contribution in [1.29, 1.82) is 0 Å². The Kier molecular flexibility index (Phi) is 5.71. The van der Waals surface area contributed by atoms with E-state index in [0.717, 1.165) is 32.4 Å². The van der Waals surface area contributed by atoms with Crippen molar-refractivity contribution in [2.24, 2.45) is 0 Å². The molecular formula is C18H26N2O4. The van der Waals surface area contributed by atoms with Crippen LogP contribution in [0, 0.1) is 0 Å². The van der Waals surface area contributed by atoms with Crippen molar-refractivity contribution in [3.8, 4) is 0 Å². The molecule has 2 heterocycles. The van der Waals surface area contributed by atoms with Gasteiger partial charge in [-0.05, 0) is 30.4 Å². The minimum Gasteiger partial charge on any atom is -0.447 e. The summed E-state index contributed by atoms with van der Waals surface area (Å²) in [4.78, 5) is 15.7. The van der Waals surface area contributed by atoms with Crippen LogP contribution in [0.5, 0.6) is 0 Å². The summed E-state index contributed by atoms with van der Waals surface area (Å²) in [5, 5.41) is 19.8. The summed E-state index contributed by atoms with van der Waals surface area (Å²) in [6, 6.07) is 8.36. The van der Waals surface area contributed by atoms with E-state index in [0.29, 0.717) is 19.6 Å². The number of amides is 1. The van der Waals surface area contributed by atoms with Crippen LogP contribution >= 0.6 is 0 Å². The number of piperidine rings is 1. The molecule has 1 aromatic carbocycles. The van der Waals surface area contributed by atoms with Crippen molar-refractivity contribution in [3.63, 3.8) is 0 Å². The second kappa shape index (κ2) is 7.96. The number of fused-ring (bicyclic) bond motifs is 1. The van der Waals surface area contributed by atoms with Gasteiger partial charge in [0.05, 0.1) is 6.10 Å². The number of rotatable bonds is 4. The Labute approximate surface area is 142 Å². The van der Waals surface area contributed by atoms with Crippen LogP contribution in [0.4, 0.5) is 4.79 Å². The molecule has 1 aromatic rings. The Balaban J connectivity index is 1.41. The second-order valence-corrected chi connectivity index (χ2v) is 6.73. The molecule has 6 nitrogen and oxygen atoms in total. The van der Waals surface area contributed by atoms with Crippen molar-refractivity contribution in [2.45, 2.75) is 38.0 Å². The molecule has 3 rings (SSSR count). The average Bonchev–Trinajstić information content (AvgIpc) is 2.59. The third-order valence-corrected chi connectivity index (χ3v) is 4.73. The number of β-amino-alcohol motifs (C(OH)–C–C–N with tert-alkyl or cyclic N) is 2. The monoisotopic (exact) mass is 334 g/mol. The molecule has 2 aliphatic rings. The standard InChI is InChI=1S/C18H26N2O4/c21-16-6-3-8-20(12-16)18(23)24-13-17(22)11-19-9-7-14-4-1-2-5-15(14)10-19/h1-2,4-5,16-17,21-22H,3,6-13H2.